The van der Waals surface area contributed by atoms with E-state index < -0.39 is 17.6 Å². The third kappa shape index (κ3) is 4.58. The number of amides is 1. The highest BCUT2D eigenvalue weighted by Gasteiger charge is 2.40. The number of nitrogens with zero attached hydrogens (tertiary/aromatic N) is 6. The van der Waals surface area contributed by atoms with Crippen LogP contribution in [0.1, 0.15) is 39.9 Å². The third-order valence-corrected chi connectivity index (χ3v) is 7.04. The van der Waals surface area contributed by atoms with Gasteiger partial charge in [0.1, 0.15) is 18.0 Å². The number of hydrogen-bond donors (Lipinski definition) is 1. The number of anilines is 2. The summed E-state index contributed by atoms with van der Waals surface area (Å²) in [5, 5.41) is 21.1. The summed E-state index contributed by atoms with van der Waals surface area (Å²) in [4.78, 5) is 19.2. The first-order valence-electron chi connectivity index (χ1n) is 12.4. The van der Waals surface area contributed by atoms with Crippen LogP contribution in [0.25, 0.3) is 22.5 Å². The highest BCUT2D eigenvalue weighted by Crippen LogP contribution is 2.40. The number of hydrogen-bond acceptors (Lipinski definition) is 6. The summed E-state index contributed by atoms with van der Waals surface area (Å²) in [6, 6.07) is 14.5. The number of carbonyl (C=O) groups excluding carboxylic acids is 1. The van der Waals surface area contributed by atoms with Crippen molar-refractivity contribution in [1.29, 1.82) is 5.26 Å². The lowest BCUT2D eigenvalue weighted by Gasteiger charge is -2.19. The maximum absolute atomic E-state index is 13.7. The molecule has 2 aliphatic rings. The molecule has 1 fully saturated rings. The van der Waals surface area contributed by atoms with Gasteiger partial charge in [0.15, 0.2) is 5.82 Å². The van der Waals surface area contributed by atoms with Crippen LogP contribution in [0.4, 0.5) is 24.8 Å². The van der Waals surface area contributed by atoms with Crippen molar-refractivity contribution in [2.24, 2.45) is 13.0 Å². The van der Waals surface area contributed by atoms with E-state index in [1.807, 2.05) is 6.07 Å². The number of alkyl halides is 3. The average Bonchev–Trinajstić information content (AvgIpc) is 3.57. The summed E-state index contributed by atoms with van der Waals surface area (Å²) in [5.41, 5.74) is 1.52. The fraction of sp³-hybridized carbons (Fsp3) is 0.250. The van der Waals surface area contributed by atoms with E-state index in [0.717, 1.165) is 18.9 Å². The highest BCUT2D eigenvalue weighted by atomic mass is 19.4. The second-order valence-corrected chi connectivity index (χ2v) is 9.78. The number of nitrogens with one attached hydrogen (secondary N) is 1. The van der Waals surface area contributed by atoms with Gasteiger partial charge >= 0.3 is 6.18 Å². The monoisotopic (exact) mass is 529 g/mol. The number of nitriles is 1. The SMILES string of the molecule is Cn1cnnc1-c1ccc(C#N)cc1-c1cc(NCC2CC2)nc(N2Cc3c(cccc3C(F)(F)F)C2=O)c1. The van der Waals surface area contributed by atoms with E-state index in [1.54, 1.807) is 42.2 Å². The van der Waals surface area contributed by atoms with E-state index in [0.29, 0.717) is 46.4 Å². The van der Waals surface area contributed by atoms with Crippen molar-refractivity contribution < 1.29 is 18.0 Å². The number of carbonyl (C=O) groups is 1. The molecule has 0 radical (unpaired) electrons. The predicted molar refractivity (Wildman–Crippen MR) is 138 cm³/mol. The Kier molecular flexibility index (Phi) is 5.83. The zero-order valence-corrected chi connectivity index (χ0v) is 20.8. The van der Waals surface area contributed by atoms with Gasteiger partial charge in [-0.3, -0.25) is 9.69 Å². The zero-order chi connectivity index (χ0) is 27.3. The molecule has 4 aromatic rings. The summed E-state index contributed by atoms with van der Waals surface area (Å²) in [5.74, 6) is 1.25. The molecule has 6 rings (SSSR count). The molecule has 2 aromatic heterocycles. The van der Waals surface area contributed by atoms with Crippen LogP contribution in [0.15, 0.2) is 54.9 Å². The topological polar surface area (TPSA) is 99.7 Å². The zero-order valence-electron chi connectivity index (χ0n) is 20.8. The van der Waals surface area contributed by atoms with Gasteiger partial charge in [-0.05, 0) is 77.9 Å². The fourth-order valence-corrected chi connectivity index (χ4v) is 4.83. The van der Waals surface area contributed by atoms with E-state index in [4.69, 9.17) is 0 Å². The van der Waals surface area contributed by atoms with Crippen LogP contribution in [-0.2, 0) is 19.8 Å². The number of rotatable bonds is 6. The van der Waals surface area contributed by atoms with Gasteiger partial charge in [0.25, 0.3) is 5.91 Å². The molecule has 1 saturated carbocycles. The second-order valence-electron chi connectivity index (χ2n) is 9.78. The maximum atomic E-state index is 13.7. The molecule has 11 heteroatoms. The molecule has 1 N–H and O–H groups in total. The summed E-state index contributed by atoms with van der Waals surface area (Å²) in [6.45, 7) is 0.438. The lowest BCUT2D eigenvalue weighted by Crippen LogP contribution is -2.24. The van der Waals surface area contributed by atoms with Crippen LogP contribution in [0, 0.1) is 17.2 Å². The largest absolute Gasteiger partial charge is 0.416 e. The van der Waals surface area contributed by atoms with Gasteiger partial charge in [0.05, 0.1) is 23.7 Å². The Labute approximate surface area is 221 Å². The highest BCUT2D eigenvalue weighted by molar-refractivity contribution is 6.10. The number of aromatic nitrogens is 4. The van der Waals surface area contributed by atoms with Gasteiger partial charge in [-0.15, -0.1) is 10.2 Å². The maximum Gasteiger partial charge on any atom is 0.416 e. The molecule has 196 valence electrons. The number of pyridine rings is 1. The van der Waals surface area contributed by atoms with Gasteiger partial charge in [-0.25, -0.2) is 4.98 Å². The van der Waals surface area contributed by atoms with Gasteiger partial charge in [0, 0.05) is 24.7 Å². The van der Waals surface area contributed by atoms with Gasteiger partial charge in [-0.1, -0.05) is 6.07 Å². The first-order valence-corrected chi connectivity index (χ1v) is 12.4. The lowest BCUT2D eigenvalue weighted by atomic mass is 9.97. The van der Waals surface area contributed by atoms with Crippen molar-refractivity contribution in [3.63, 3.8) is 0 Å². The van der Waals surface area contributed by atoms with E-state index in [1.165, 1.54) is 17.0 Å². The van der Waals surface area contributed by atoms with Crippen molar-refractivity contribution >= 4 is 17.5 Å². The Bertz CT molecular complexity index is 1650. The van der Waals surface area contributed by atoms with Crippen LogP contribution < -0.4 is 10.2 Å². The molecule has 2 aromatic carbocycles. The minimum absolute atomic E-state index is 0.00997. The molecule has 8 nitrogen and oxygen atoms in total. The average molecular weight is 530 g/mol. The standard InChI is InChI=1S/C28H22F3N7O/c1-37-15-34-36-26(37)19-8-7-17(12-32)9-21(19)18-10-24(33-13-16-5-6-16)35-25(11-18)38-14-22-20(27(38)39)3-2-4-23(22)28(29,30)31/h2-4,7-11,15-16H,5-6,13-14H2,1H3,(H,33,35). The molecule has 1 aliphatic carbocycles. The quantitative estimate of drug-likeness (QED) is 0.358. The van der Waals surface area contributed by atoms with Gasteiger partial charge in [-0.2, -0.15) is 18.4 Å². The van der Waals surface area contributed by atoms with Crippen LogP contribution in [-0.4, -0.2) is 32.2 Å². The first-order chi connectivity index (χ1) is 18.7. The molecule has 0 atom stereocenters. The Morgan fingerprint density at radius 2 is 1.92 bits per heavy atom. The molecule has 0 spiro atoms. The van der Waals surface area contributed by atoms with E-state index in [9.17, 15) is 23.2 Å². The molecule has 39 heavy (non-hydrogen) atoms. The van der Waals surface area contributed by atoms with E-state index in [2.05, 4.69) is 26.6 Å². The smallest absolute Gasteiger partial charge is 0.370 e. The number of halogens is 3. The molecule has 0 unspecified atom stereocenters. The van der Waals surface area contributed by atoms with Crippen molar-refractivity contribution in [2.45, 2.75) is 25.6 Å². The first kappa shape index (κ1) is 24.6. The van der Waals surface area contributed by atoms with Crippen molar-refractivity contribution in [3.05, 3.63) is 77.1 Å². The Hall–Kier alpha value is -4.72. The minimum Gasteiger partial charge on any atom is -0.370 e. The molecular formula is C28H22F3N7O. The van der Waals surface area contributed by atoms with E-state index in [-0.39, 0.29) is 23.5 Å². The molecule has 3 heterocycles. The summed E-state index contributed by atoms with van der Waals surface area (Å²) < 4.78 is 42.9. The summed E-state index contributed by atoms with van der Waals surface area (Å²) in [7, 11) is 1.80. The van der Waals surface area contributed by atoms with Crippen LogP contribution in [0.5, 0.6) is 0 Å². The van der Waals surface area contributed by atoms with Gasteiger partial charge in [0.2, 0.25) is 0 Å². The third-order valence-electron chi connectivity index (χ3n) is 7.04. The number of fused-ring (bicyclic) bond motifs is 1. The van der Waals surface area contributed by atoms with Crippen molar-refractivity contribution in [1.82, 2.24) is 19.7 Å². The number of aryl methyl sites for hydroxylation is 1. The molecular weight excluding hydrogens is 507 g/mol. The van der Waals surface area contributed by atoms with Crippen molar-refractivity contribution in [2.75, 3.05) is 16.8 Å². The lowest BCUT2D eigenvalue weighted by molar-refractivity contribution is -0.138. The normalized spacial score (nSPS) is 14.8. The Morgan fingerprint density at radius 1 is 1.10 bits per heavy atom. The molecule has 0 bridgehead atoms. The van der Waals surface area contributed by atoms with Crippen LogP contribution >= 0.6 is 0 Å². The minimum atomic E-state index is -4.59. The number of benzene rings is 2. The second kappa shape index (κ2) is 9.23. The Balaban J connectivity index is 1.48. The summed E-state index contributed by atoms with van der Waals surface area (Å²) in [6.07, 6.45) is -0.798. The van der Waals surface area contributed by atoms with Crippen LogP contribution in [0.3, 0.4) is 0 Å². The molecule has 1 amide bonds. The van der Waals surface area contributed by atoms with Crippen molar-refractivity contribution in [3.8, 4) is 28.6 Å². The fourth-order valence-electron chi connectivity index (χ4n) is 4.83. The molecule has 1 aliphatic heterocycles. The Morgan fingerprint density at radius 3 is 2.62 bits per heavy atom. The summed E-state index contributed by atoms with van der Waals surface area (Å²) >= 11 is 0. The van der Waals surface area contributed by atoms with Gasteiger partial charge < -0.3 is 9.88 Å². The predicted octanol–water partition coefficient (Wildman–Crippen LogP) is 5.42. The van der Waals surface area contributed by atoms with E-state index >= 15 is 0 Å². The van der Waals surface area contributed by atoms with Crippen LogP contribution in [0.2, 0.25) is 0 Å². The molecule has 0 saturated heterocycles.